The summed E-state index contributed by atoms with van der Waals surface area (Å²) in [6.07, 6.45) is 3.68. The number of carbonyl (C=O) groups excluding carboxylic acids is 2. The van der Waals surface area contributed by atoms with Crippen LogP contribution in [0.15, 0.2) is 42.0 Å². The van der Waals surface area contributed by atoms with E-state index in [2.05, 4.69) is 41.4 Å². The van der Waals surface area contributed by atoms with Crippen LogP contribution in [-0.2, 0) is 10.3 Å². The van der Waals surface area contributed by atoms with Gasteiger partial charge in [0, 0.05) is 34.9 Å². The van der Waals surface area contributed by atoms with Gasteiger partial charge in [-0.3, -0.25) is 14.6 Å². The maximum atomic E-state index is 12.2. The zero-order valence-corrected chi connectivity index (χ0v) is 24.7. The Morgan fingerprint density at radius 2 is 1.82 bits per heavy atom. The Balaban J connectivity index is 0.000000411. The van der Waals surface area contributed by atoms with E-state index in [-0.39, 0.29) is 29.8 Å². The third kappa shape index (κ3) is 10.9. The lowest BCUT2D eigenvalue weighted by atomic mass is 9.94. The zero-order chi connectivity index (χ0) is 29.2. The topological polar surface area (TPSA) is 88.9 Å². The first-order valence-electron chi connectivity index (χ1n) is 13.2. The summed E-state index contributed by atoms with van der Waals surface area (Å²) in [5.74, 6) is -0.607. The van der Waals surface area contributed by atoms with E-state index in [9.17, 15) is 18.4 Å². The van der Waals surface area contributed by atoms with Crippen molar-refractivity contribution < 1.29 is 18.4 Å². The molecule has 3 heterocycles. The predicted octanol–water partition coefficient (Wildman–Crippen LogP) is 7.15. The van der Waals surface area contributed by atoms with Crippen molar-refractivity contribution in [2.75, 3.05) is 11.9 Å². The van der Waals surface area contributed by atoms with Gasteiger partial charge in [-0.25, -0.2) is 13.8 Å². The van der Waals surface area contributed by atoms with Crippen LogP contribution in [0.3, 0.4) is 0 Å². The number of halogens is 2. The standard InChI is InChI=1S/C20H23N5O2S.C9H18F2/c1-13-6-5-7-15(22-13)16-12-28-19(23-16)24-17(26)10-21-18(27)14-8-9-25(11-14)20(2,3)4;1-4-5-8(9(10)11)6-7(2)3/h5-9,11-12H,10H2,1-4H3,(H,21,27)(H,23,24,26);7-9H,4-6H2,1-3H3. The Bertz CT molecular complexity index is 1200. The predicted molar refractivity (Wildman–Crippen MR) is 154 cm³/mol. The number of hydrogen-bond acceptors (Lipinski definition) is 5. The molecule has 0 radical (unpaired) electrons. The van der Waals surface area contributed by atoms with Gasteiger partial charge in [0.15, 0.2) is 5.13 Å². The van der Waals surface area contributed by atoms with Crippen molar-refractivity contribution in [3.05, 3.63) is 53.3 Å². The van der Waals surface area contributed by atoms with Gasteiger partial charge in [0.05, 0.1) is 17.8 Å². The minimum absolute atomic E-state index is 0.107. The van der Waals surface area contributed by atoms with Crippen LogP contribution in [0, 0.1) is 18.8 Å². The van der Waals surface area contributed by atoms with Crippen LogP contribution in [0.1, 0.15) is 76.9 Å². The highest BCUT2D eigenvalue weighted by atomic mass is 32.1. The molecule has 0 fully saturated rings. The molecule has 0 bridgehead atoms. The molecule has 0 aliphatic carbocycles. The molecular weight excluding hydrogens is 520 g/mol. The first-order valence-corrected chi connectivity index (χ1v) is 14.1. The Labute approximate surface area is 234 Å². The molecule has 2 amide bonds. The first kappa shape index (κ1) is 32.1. The highest BCUT2D eigenvalue weighted by Gasteiger charge is 2.20. The molecule has 0 saturated carbocycles. The van der Waals surface area contributed by atoms with Crippen LogP contribution in [0.25, 0.3) is 11.4 Å². The largest absolute Gasteiger partial charge is 0.348 e. The van der Waals surface area contributed by atoms with Crippen molar-refractivity contribution >= 4 is 28.3 Å². The summed E-state index contributed by atoms with van der Waals surface area (Å²) >= 11 is 1.32. The maximum absolute atomic E-state index is 12.2. The fourth-order valence-electron chi connectivity index (χ4n) is 3.83. The Morgan fingerprint density at radius 1 is 1.10 bits per heavy atom. The second-order valence-electron chi connectivity index (χ2n) is 10.9. The van der Waals surface area contributed by atoms with Crippen molar-refractivity contribution in [3.63, 3.8) is 0 Å². The monoisotopic (exact) mass is 561 g/mol. The molecule has 0 aromatic carbocycles. The van der Waals surface area contributed by atoms with Gasteiger partial charge in [-0.15, -0.1) is 11.3 Å². The summed E-state index contributed by atoms with van der Waals surface area (Å²) in [6, 6.07) is 7.44. The van der Waals surface area contributed by atoms with E-state index in [1.807, 2.05) is 62.0 Å². The fraction of sp³-hybridized carbons (Fsp3) is 0.517. The van der Waals surface area contributed by atoms with Crippen LogP contribution in [0.2, 0.25) is 0 Å². The van der Waals surface area contributed by atoms with Crippen molar-refractivity contribution in [2.24, 2.45) is 11.8 Å². The third-order valence-corrected chi connectivity index (χ3v) is 6.59. The summed E-state index contributed by atoms with van der Waals surface area (Å²) in [5, 5.41) is 7.64. The highest BCUT2D eigenvalue weighted by molar-refractivity contribution is 7.14. The minimum Gasteiger partial charge on any atom is -0.348 e. The van der Waals surface area contributed by atoms with E-state index >= 15 is 0 Å². The number of alkyl halides is 2. The molecule has 214 valence electrons. The van der Waals surface area contributed by atoms with Crippen molar-refractivity contribution in [2.45, 2.75) is 79.7 Å². The molecular formula is C29H41F2N5O2S. The third-order valence-electron chi connectivity index (χ3n) is 5.83. The molecule has 1 unspecified atom stereocenters. The van der Waals surface area contributed by atoms with Gasteiger partial charge in [0.25, 0.3) is 5.91 Å². The molecule has 1 atom stereocenters. The molecule has 3 aromatic rings. The van der Waals surface area contributed by atoms with Crippen LogP contribution in [0.5, 0.6) is 0 Å². The van der Waals surface area contributed by atoms with E-state index in [4.69, 9.17) is 0 Å². The van der Waals surface area contributed by atoms with Gasteiger partial charge in [-0.2, -0.15) is 0 Å². The summed E-state index contributed by atoms with van der Waals surface area (Å²) in [7, 11) is 0. The van der Waals surface area contributed by atoms with Gasteiger partial charge in [-0.05, 0) is 64.7 Å². The number of amides is 2. The van der Waals surface area contributed by atoms with Gasteiger partial charge >= 0.3 is 0 Å². The lowest BCUT2D eigenvalue weighted by Gasteiger charge is -2.20. The first-order chi connectivity index (χ1) is 18.3. The number of thiazole rings is 1. The van der Waals surface area contributed by atoms with Crippen molar-refractivity contribution in [3.8, 4) is 11.4 Å². The molecule has 2 N–H and O–H groups in total. The van der Waals surface area contributed by atoms with E-state index in [0.717, 1.165) is 17.8 Å². The van der Waals surface area contributed by atoms with E-state index in [0.29, 0.717) is 35.1 Å². The molecule has 7 nitrogen and oxygen atoms in total. The van der Waals surface area contributed by atoms with Crippen LogP contribution in [-0.4, -0.2) is 39.3 Å². The van der Waals surface area contributed by atoms with Crippen LogP contribution in [0.4, 0.5) is 13.9 Å². The Hall–Kier alpha value is -3.14. The van der Waals surface area contributed by atoms with E-state index < -0.39 is 6.43 Å². The number of aryl methyl sites for hydroxylation is 1. The number of rotatable bonds is 10. The maximum Gasteiger partial charge on any atom is 0.253 e. The lowest BCUT2D eigenvalue weighted by molar-refractivity contribution is -0.115. The Kier molecular flexibility index (Phi) is 12.2. The van der Waals surface area contributed by atoms with Gasteiger partial charge < -0.3 is 15.2 Å². The summed E-state index contributed by atoms with van der Waals surface area (Å²) in [4.78, 5) is 33.2. The molecule has 3 rings (SSSR count). The zero-order valence-electron chi connectivity index (χ0n) is 23.9. The molecule has 0 aliphatic rings. The number of nitrogens with one attached hydrogen (secondary N) is 2. The number of hydrogen-bond donors (Lipinski definition) is 2. The van der Waals surface area contributed by atoms with Crippen molar-refractivity contribution in [1.29, 1.82) is 0 Å². The molecule has 0 saturated heterocycles. The van der Waals surface area contributed by atoms with Gasteiger partial charge in [0.2, 0.25) is 12.3 Å². The number of nitrogens with zero attached hydrogens (tertiary/aromatic N) is 3. The smallest absolute Gasteiger partial charge is 0.253 e. The van der Waals surface area contributed by atoms with Crippen molar-refractivity contribution in [1.82, 2.24) is 19.9 Å². The number of carbonyl (C=O) groups is 2. The number of anilines is 1. The molecule has 10 heteroatoms. The van der Waals surface area contributed by atoms with Crippen LogP contribution >= 0.6 is 11.3 Å². The second-order valence-corrected chi connectivity index (χ2v) is 11.8. The van der Waals surface area contributed by atoms with Crippen LogP contribution < -0.4 is 10.6 Å². The lowest BCUT2D eigenvalue weighted by Crippen LogP contribution is -2.32. The summed E-state index contributed by atoms with van der Waals surface area (Å²) in [6.45, 7) is 13.9. The molecule has 39 heavy (non-hydrogen) atoms. The quantitative estimate of drug-likeness (QED) is 0.275. The van der Waals surface area contributed by atoms with Gasteiger partial charge in [-0.1, -0.05) is 33.3 Å². The summed E-state index contributed by atoms with van der Waals surface area (Å²) in [5.41, 5.74) is 2.78. The molecule has 0 aliphatic heterocycles. The molecule has 0 spiro atoms. The van der Waals surface area contributed by atoms with Gasteiger partial charge in [0.1, 0.15) is 5.69 Å². The second kappa shape index (κ2) is 14.9. The molecule has 3 aromatic heterocycles. The average Bonchev–Trinajstić information content (AvgIpc) is 3.53. The fourth-order valence-corrected chi connectivity index (χ4v) is 4.55. The SMILES string of the molecule is CCCC(CC(C)C)C(F)F.Cc1cccc(-c2csc(NC(=O)CNC(=O)c3ccn(C(C)(C)C)c3)n2)n1. The normalized spacial score (nSPS) is 12.2. The van der Waals surface area contributed by atoms with E-state index in [1.54, 1.807) is 12.3 Å². The van der Waals surface area contributed by atoms with E-state index in [1.165, 1.54) is 11.3 Å². The Morgan fingerprint density at radius 3 is 2.38 bits per heavy atom. The average molecular weight is 562 g/mol. The number of pyridine rings is 1. The highest BCUT2D eigenvalue weighted by Crippen LogP contribution is 2.24. The minimum atomic E-state index is -2.13. The number of aromatic nitrogens is 3. The summed E-state index contributed by atoms with van der Waals surface area (Å²) < 4.78 is 26.4.